The molecule has 0 bridgehead atoms. The van der Waals surface area contributed by atoms with Crippen molar-refractivity contribution in [2.75, 3.05) is 7.05 Å². The van der Waals surface area contributed by atoms with E-state index in [9.17, 15) is 17.6 Å². The number of benzene rings is 2. The van der Waals surface area contributed by atoms with Crippen molar-refractivity contribution in [3.8, 4) is 0 Å². The van der Waals surface area contributed by atoms with Crippen LogP contribution in [0.4, 0.5) is 17.6 Å². The predicted molar refractivity (Wildman–Crippen MR) is 103 cm³/mol. The summed E-state index contributed by atoms with van der Waals surface area (Å²) in [6, 6.07) is 5.41. The number of nitrogens with zero attached hydrogens (tertiary/aromatic N) is 2. The van der Waals surface area contributed by atoms with E-state index in [2.05, 4.69) is 10.3 Å². The third kappa shape index (κ3) is 3.57. The Morgan fingerprint density at radius 3 is 2.48 bits per heavy atom. The van der Waals surface area contributed by atoms with Crippen molar-refractivity contribution in [1.82, 2.24) is 14.9 Å². The predicted octanol–water partition coefficient (Wildman–Crippen LogP) is 4.49. The van der Waals surface area contributed by atoms with E-state index in [1.54, 1.807) is 13.2 Å². The summed E-state index contributed by atoms with van der Waals surface area (Å²) in [5, 5.41) is 2.88. The molecule has 0 amide bonds. The fraction of sp³-hybridized carbons (Fsp3) is 0.190. The number of halogens is 4. The molecule has 0 atom stereocenters. The Hall–Kier alpha value is -3.29. The van der Waals surface area contributed by atoms with Gasteiger partial charge in [0.25, 0.3) is 0 Å². The first kappa shape index (κ1) is 19.0. The van der Waals surface area contributed by atoms with Gasteiger partial charge in [-0.25, -0.2) is 22.5 Å². The summed E-state index contributed by atoms with van der Waals surface area (Å²) in [4.78, 5) is 4.47. The highest BCUT2D eigenvalue weighted by Gasteiger charge is 2.30. The summed E-state index contributed by atoms with van der Waals surface area (Å²) < 4.78 is 56.7. The zero-order valence-corrected chi connectivity index (χ0v) is 15.5. The van der Waals surface area contributed by atoms with E-state index in [0.717, 1.165) is 37.1 Å². The first-order valence-electron chi connectivity index (χ1n) is 9.06. The molecular formula is C21H18F4N4. The van der Waals surface area contributed by atoms with Gasteiger partial charge < -0.3 is 15.6 Å². The SMILES string of the molecule is CN/C=C(\C=C(/N)c1ccc(F)cc1F)c1nc2cc(F)c(F)cc2n1C1CC1. The quantitative estimate of drug-likeness (QED) is 0.489. The molecular weight excluding hydrogens is 384 g/mol. The van der Waals surface area contributed by atoms with Crippen molar-refractivity contribution in [2.24, 2.45) is 5.73 Å². The number of hydrogen-bond donors (Lipinski definition) is 2. The third-order valence-electron chi connectivity index (χ3n) is 4.75. The number of imidazole rings is 1. The van der Waals surface area contributed by atoms with E-state index in [-0.39, 0.29) is 17.3 Å². The molecule has 4 nitrogen and oxygen atoms in total. The minimum Gasteiger partial charge on any atom is -0.398 e. The first-order valence-corrected chi connectivity index (χ1v) is 9.06. The van der Waals surface area contributed by atoms with E-state index >= 15 is 0 Å². The summed E-state index contributed by atoms with van der Waals surface area (Å²) in [7, 11) is 1.67. The van der Waals surface area contributed by atoms with Crippen LogP contribution >= 0.6 is 0 Å². The molecule has 3 aromatic rings. The van der Waals surface area contributed by atoms with Gasteiger partial charge in [0.1, 0.15) is 17.5 Å². The van der Waals surface area contributed by atoms with E-state index in [0.29, 0.717) is 22.4 Å². The molecule has 1 aliphatic rings. The van der Waals surface area contributed by atoms with Crippen molar-refractivity contribution >= 4 is 22.3 Å². The van der Waals surface area contributed by atoms with Gasteiger partial charge in [0.2, 0.25) is 0 Å². The van der Waals surface area contributed by atoms with Crippen LogP contribution in [0.5, 0.6) is 0 Å². The number of nitrogens with one attached hydrogen (secondary N) is 1. The monoisotopic (exact) mass is 402 g/mol. The Morgan fingerprint density at radius 2 is 1.83 bits per heavy atom. The largest absolute Gasteiger partial charge is 0.398 e. The van der Waals surface area contributed by atoms with Gasteiger partial charge in [0.05, 0.1) is 11.0 Å². The van der Waals surface area contributed by atoms with Crippen LogP contribution < -0.4 is 11.1 Å². The lowest BCUT2D eigenvalue weighted by atomic mass is 10.1. The van der Waals surface area contributed by atoms with Crippen LogP contribution in [0, 0.1) is 23.3 Å². The molecule has 29 heavy (non-hydrogen) atoms. The number of rotatable bonds is 5. The molecule has 0 spiro atoms. The van der Waals surface area contributed by atoms with Crippen LogP contribution in [0.25, 0.3) is 22.3 Å². The van der Waals surface area contributed by atoms with Gasteiger partial charge in [0, 0.05) is 54.3 Å². The minimum absolute atomic E-state index is 0.0413. The zero-order valence-electron chi connectivity index (χ0n) is 15.5. The third-order valence-corrected chi connectivity index (χ3v) is 4.75. The summed E-state index contributed by atoms with van der Waals surface area (Å²) in [5.41, 5.74) is 7.46. The summed E-state index contributed by atoms with van der Waals surface area (Å²) in [6.07, 6.45) is 4.88. The lowest BCUT2D eigenvalue weighted by molar-refractivity contribution is 0.510. The van der Waals surface area contributed by atoms with Gasteiger partial charge in [-0.15, -0.1) is 0 Å². The normalized spacial score (nSPS) is 15.2. The Kier molecular flexibility index (Phi) is 4.77. The van der Waals surface area contributed by atoms with E-state index in [1.807, 2.05) is 4.57 Å². The Morgan fingerprint density at radius 1 is 1.10 bits per heavy atom. The second kappa shape index (κ2) is 7.27. The number of allylic oxidation sites excluding steroid dienone is 2. The van der Waals surface area contributed by atoms with Gasteiger partial charge in [-0.05, 0) is 31.1 Å². The van der Waals surface area contributed by atoms with Gasteiger partial charge in [0.15, 0.2) is 11.6 Å². The van der Waals surface area contributed by atoms with Crippen molar-refractivity contribution in [1.29, 1.82) is 0 Å². The van der Waals surface area contributed by atoms with Crippen molar-refractivity contribution in [2.45, 2.75) is 18.9 Å². The van der Waals surface area contributed by atoms with Crippen LogP contribution in [0.2, 0.25) is 0 Å². The lowest BCUT2D eigenvalue weighted by Crippen LogP contribution is -2.06. The number of nitrogens with two attached hydrogens (primary N) is 1. The maximum atomic E-state index is 14.1. The van der Waals surface area contributed by atoms with E-state index < -0.39 is 23.3 Å². The molecule has 1 fully saturated rings. The van der Waals surface area contributed by atoms with Gasteiger partial charge in [-0.1, -0.05) is 0 Å². The van der Waals surface area contributed by atoms with Crippen molar-refractivity contribution in [3.63, 3.8) is 0 Å². The maximum absolute atomic E-state index is 14.1. The van der Waals surface area contributed by atoms with Crippen molar-refractivity contribution < 1.29 is 17.6 Å². The highest BCUT2D eigenvalue weighted by molar-refractivity contribution is 5.86. The highest BCUT2D eigenvalue weighted by Crippen LogP contribution is 2.40. The average molecular weight is 402 g/mol. The molecule has 0 radical (unpaired) electrons. The number of aromatic nitrogens is 2. The molecule has 1 aliphatic carbocycles. The molecule has 150 valence electrons. The number of fused-ring (bicyclic) bond motifs is 1. The molecule has 1 saturated carbocycles. The highest BCUT2D eigenvalue weighted by atomic mass is 19.2. The van der Waals surface area contributed by atoms with Crippen LogP contribution in [0.1, 0.15) is 30.3 Å². The fourth-order valence-electron chi connectivity index (χ4n) is 3.29. The molecule has 0 aliphatic heterocycles. The summed E-state index contributed by atoms with van der Waals surface area (Å²) >= 11 is 0. The standard InChI is InChI=1S/C21H18F4N4/c1-27-10-11(6-18(26)14-5-2-12(22)7-15(14)23)21-28-19-8-16(24)17(25)9-20(19)29(21)13-3-4-13/h2,5-10,13,27H,3-4,26H2,1H3/b11-10+,18-6-. The summed E-state index contributed by atoms with van der Waals surface area (Å²) in [6.45, 7) is 0. The molecule has 0 saturated heterocycles. The van der Waals surface area contributed by atoms with Crippen LogP contribution in [-0.4, -0.2) is 16.6 Å². The zero-order chi connectivity index (χ0) is 20.7. The van der Waals surface area contributed by atoms with Gasteiger partial charge in [-0.2, -0.15) is 0 Å². The molecule has 4 rings (SSSR count). The van der Waals surface area contributed by atoms with Crippen LogP contribution in [0.3, 0.4) is 0 Å². The smallest absolute Gasteiger partial charge is 0.161 e. The molecule has 0 unspecified atom stereocenters. The number of hydrogen-bond acceptors (Lipinski definition) is 3. The Labute approximate surface area is 164 Å². The van der Waals surface area contributed by atoms with Gasteiger partial charge >= 0.3 is 0 Å². The fourth-order valence-corrected chi connectivity index (χ4v) is 3.29. The molecule has 2 aromatic carbocycles. The molecule has 8 heteroatoms. The Bertz CT molecular complexity index is 1160. The van der Waals surface area contributed by atoms with E-state index in [4.69, 9.17) is 5.73 Å². The molecule has 1 aromatic heterocycles. The van der Waals surface area contributed by atoms with Crippen LogP contribution in [0.15, 0.2) is 42.6 Å². The second-order valence-electron chi connectivity index (χ2n) is 6.90. The van der Waals surface area contributed by atoms with Crippen molar-refractivity contribution in [3.05, 3.63) is 77.3 Å². The topological polar surface area (TPSA) is 55.9 Å². The first-order chi connectivity index (χ1) is 13.9. The average Bonchev–Trinajstić information content (AvgIpc) is 3.43. The lowest BCUT2D eigenvalue weighted by Gasteiger charge is -2.10. The molecule has 1 heterocycles. The maximum Gasteiger partial charge on any atom is 0.161 e. The van der Waals surface area contributed by atoms with E-state index in [1.165, 1.54) is 12.1 Å². The molecule has 3 N–H and O–H groups in total. The minimum atomic E-state index is -0.980. The van der Waals surface area contributed by atoms with Gasteiger partial charge in [-0.3, -0.25) is 0 Å². The Balaban J connectivity index is 1.87. The summed E-state index contributed by atoms with van der Waals surface area (Å²) in [5.74, 6) is -2.97. The second-order valence-corrected chi connectivity index (χ2v) is 6.90. The van der Waals surface area contributed by atoms with Crippen LogP contribution in [-0.2, 0) is 0 Å².